The topological polar surface area (TPSA) is 138 Å². The van der Waals surface area contributed by atoms with Gasteiger partial charge in [-0.15, -0.1) is 6.58 Å². The van der Waals surface area contributed by atoms with Gasteiger partial charge in [-0.25, -0.2) is 15.0 Å². The minimum absolute atomic E-state index is 0.0351. The molecular weight excluding hydrogens is 888 g/mol. The van der Waals surface area contributed by atoms with Crippen molar-refractivity contribution in [2.75, 3.05) is 60.9 Å². The molecule has 0 radical (unpaired) electrons. The zero-order valence-corrected chi connectivity index (χ0v) is 38.1. The lowest BCUT2D eigenvalue weighted by Crippen LogP contribution is -2.75. The first-order valence-electron chi connectivity index (χ1n) is 22.9. The molecule has 2 unspecified atom stereocenters. The molecule has 2 aromatic heterocycles. The standard InChI is InChI=1S/C52H52F3N9O5/c1-3-24-62-34-48(67)63-44(29-36-12-20-41(65)21-13-36)51(69)61(33-46(63)64(62)47(66)23-14-35-8-5-4-6-9-35)31-37-10-7-11-42-43(32-58(2)49(37)42)50(68)57-39-17-22-45(56-30-39)60-27-25-59(26-28-60)40-18-15-38(16-19-40)52(53,54)55/h3-13,15-22,30,32,44,46,65H,1,14,23-29,31,33-34H2,2H3,(H,57,68). The van der Waals surface area contributed by atoms with Crippen molar-refractivity contribution in [2.24, 2.45) is 7.05 Å². The first-order chi connectivity index (χ1) is 33.2. The summed E-state index contributed by atoms with van der Waals surface area (Å²) in [5.74, 6) is -0.341. The summed E-state index contributed by atoms with van der Waals surface area (Å²) in [7, 11) is 1.84. The Balaban J connectivity index is 0.928. The number of aromatic nitrogens is 2. The van der Waals surface area contributed by atoms with E-state index in [-0.39, 0.29) is 68.4 Å². The Bertz CT molecular complexity index is 2850. The number of nitrogens with one attached hydrogen (secondary N) is 1. The van der Waals surface area contributed by atoms with Crippen LogP contribution < -0.4 is 15.1 Å². The second-order valence-electron chi connectivity index (χ2n) is 17.6. The highest BCUT2D eigenvalue weighted by atomic mass is 19.4. The van der Waals surface area contributed by atoms with Crippen LogP contribution in [0.5, 0.6) is 5.75 Å². The Morgan fingerprint density at radius 3 is 2.28 bits per heavy atom. The third kappa shape index (κ3) is 9.86. The van der Waals surface area contributed by atoms with Crippen molar-refractivity contribution < 1.29 is 37.5 Å². The van der Waals surface area contributed by atoms with Crippen LogP contribution in [-0.2, 0) is 47.0 Å². The lowest BCUT2D eigenvalue weighted by molar-refractivity contribution is -0.205. The molecule has 3 aliphatic rings. The Kier molecular flexibility index (Phi) is 13.1. The van der Waals surface area contributed by atoms with E-state index in [0.717, 1.165) is 40.0 Å². The number of pyridine rings is 1. The number of carbonyl (C=O) groups excluding carboxylic acids is 4. The zero-order chi connectivity index (χ0) is 48.4. The van der Waals surface area contributed by atoms with E-state index >= 15 is 0 Å². The number of aryl methyl sites for hydroxylation is 2. The molecule has 2 atom stereocenters. The number of anilines is 3. The second kappa shape index (κ2) is 19.5. The number of hydrogen-bond donors (Lipinski definition) is 2. The van der Waals surface area contributed by atoms with Gasteiger partial charge in [0.05, 0.1) is 41.6 Å². The van der Waals surface area contributed by atoms with Crippen molar-refractivity contribution in [1.82, 2.24) is 29.4 Å². The quantitative estimate of drug-likeness (QED) is 0.119. The smallest absolute Gasteiger partial charge is 0.416 e. The van der Waals surface area contributed by atoms with Crippen LogP contribution in [0.15, 0.2) is 134 Å². The first kappa shape index (κ1) is 46.5. The van der Waals surface area contributed by atoms with E-state index in [1.165, 1.54) is 24.3 Å². The molecule has 4 aromatic carbocycles. The van der Waals surface area contributed by atoms with Gasteiger partial charge in [-0.3, -0.25) is 19.2 Å². The van der Waals surface area contributed by atoms with Crippen molar-refractivity contribution in [3.63, 3.8) is 0 Å². The first-order valence-corrected chi connectivity index (χ1v) is 22.9. The van der Waals surface area contributed by atoms with E-state index in [2.05, 4.69) is 21.8 Å². The average Bonchev–Trinajstić information content (AvgIpc) is 3.70. The highest BCUT2D eigenvalue weighted by Gasteiger charge is 2.51. The van der Waals surface area contributed by atoms with Crippen molar-refractivity contribution >= 4 is 51.7 Å². The monoisotopic (exact) mass is 939 g/mol. The van der Waals surface area contributed by atoms with Crippen LogP contribution in [-0.4, -0.2) is 116 Å². The fourth-order valence-corrected chi connectivity index (χ4v) is 9.74. The van der Waals surface area contributed by atoms with Crippen molar-refractivity contribution in [3.05, 3.63) is 162 Å². The summed E-state index contributed by atoms with van der Waals surface area (Å²) in [5, 5.41) is 17.0. The molecule has 14 nitrogen and oxygen atoms in total. The van der Waals surface area contributed by atoms with Crippen molar-refractivity contribution in [2.45, 2.75) is 44.2 Å². The number of aromatic hydroxyl groups is 1. The number of carbonyl (C=O) groups is 4. The molecule has 3 aliphatic heterocycles. The lowest BCUT2D eigenvalue weighted by atomic mass is 9.97. The predicted molar refractivity (Wildman–Crippen MR) is 256 cm³/mol. The number of alkyl halides is 3. The summed E-state index contributed by atoms with van der Waals surface area (Å²) in [6.07, 6.45) is 0.599. The molecule has 0 spiro atoms. The molecule has 5 heterocycles. The molecule has 6 aromatic rings. The van der Waals surface area contributed by atoms with Gasteiger partial charge in [0, 0.05) is 76.4 Å². The number of nitrogens with zero attached hydrogens (tertiary/aromatic N) is 8. The Hall–Kier alpha value is -7.66. The van der Waals surface area contributed by atoms with Crippen molar-refractivity contribution in [3.8, 4) is 5.75 Å². The molecule has 0 bridgehead atoms. The third-order valence-corrected chi connectivity index (χ3v) is 13.1. The van der Waals surface area contributed by atoms with Crippen LogP contribution in [0, 0.1) is 0 Å². The molecule has 3 saturated heterocycles. The van der Waals surface area contributed by atoms with Crippen LogP contribution >= 0.6 is 0 Å². The van der Waals surface area contributed by atoms with Gasteiger partial charge >= 0.3 is 6.18 Å². The van der Waals surface area contributed by atoms with Gasteiger partial charge in [0.2, 0.25) is 17.7 Å². The van der Waals surface area contributed by atoms with E-state index < -0.39 is 23.9 Å². The molecule has 4 amide bonds. The number of benzene rings is 4. The molecule has 17 heteroatoms. The SMILES string of the molecule is C=CCN1CC(=O)N2C(Cc3ccc(O)cc3)C(=O)N(Cc3cccc4c(C(=O)Nc5ccc(N6CCN(c7ccc(C(F)(F)F)cc7)CC6)nc5)cn(C)c34)CC2N1C(=O)CCc1ccccc1. The van der Waals surface area contributed by atoms with Crippen LogP contribution in [0.25, 0.3) is 10.9 Å². The number of phenolic OH excluding ortho intramolecular Hbond substituents is 1. The minimum atomic E-state index is -4.39. The number of piperazine rings is 2. The van der Waals surface area contributed by atoms with Crippen LogP contribution in [0.2, 0.25) is 0 Å². The maximum absolute atomic E-state index is 14.8. The highest BCUT2D eigenvalue weighted by Crippen LogP contribution is 2.34. The van der Waals surface area contributed by atoms with E-state index in [0.29, 0.717) is 55.1 Å². The number of hydrogen-bond acceptors (Lipinski definition) is 9. The molecular formula is C52H52F3N9O5. The molecule has 2 N–H and O–H groups in total. The molecule has 3 fully saturated rings. The highest BCUT2D eigenvalue weighted by molar-refractivity contribution is 6.13. The zero-order valence-electron chi connectivity index (χ0n) is 38.1. The summed E-state index contributed by atoms with van der Waals surface area (Å²) in [6, 6.07) is 29.7. The number of para-hydroxylation sites is 1. The van der Waals surface area contributed by atoms with Gasteiger partial charge in [0.1, 0.15) is 23.8 Å². The number of fused-ring (bicyclic) bond motifs is 2. The number of hydrazine groups is 1. The van der Waals surface area contributed by atoms with E-state index in [1.807, 2.05) is 71.1 Å². The number of halogens is 3. The van der Waals surface area contributed by atoms with Gasteiger partial charge in [-0.2, -0.15) is 13.2 Å². The van der Waals surface area contributed by atoms with Crippen LogP contribution in [0.3, 0.4) is 0 Å². The largest absolute Gasteiger partial charge is 0.508 e. The number of phenols is 1. The summed E-state index contributed by atoms with van der Waals surface area (Å²) >= 11 is 0. The minimum Gasteiger partial charge on any atom is -0.508 e. The Labute approximate surface area is 397 Å². The molecule has 9 rings (SSSR count). The number of amides is 4. The maximum Gasteiger partial charge on any atom is 0.416 e. The van der Waals surface area contributed by atoms with E-state index in [1.54, 1.807) is 56.5 Å². The summed E-state index contributed by atoms with van der Waals surface area (Å²) in [6.45, 7) is 6.60. The van der Waals surface area contributed by atoms with Gasteiger partial charge in [-0.1, -0.05) is 66.7 Å². The fraction of sp³-hybridized carbons (Fsp3) is 0.288. The average molecular weight is 940 g/mol. The third-order valence-electron chi connectivity index (χ3n) is 13.1. The fourth-order valence-electron chi connectivity index (χ4n) is 9.74. The van der Waals surface area contributed by atoms with Gasteiger partial charge < -0.3 is 34.6 Å². The summed E-state index contributed by atoms with van der Waals surface area (Å²) < 4.78 is 41.1. The van der Waals surface area contributed by atoms with Crippen LogP contribution in [0.4, 0.5) is 30.4 Å². The van der Waals surface area contributed by atoms with Gasteiger partial charge in [-0.05, 0) is 71.6 Å². The number of rotatable bonds is 13. The van der Waals surface area contributed by atoms with Gasteiger partial charge in [0.15, 0.2) is 0 Å². The normalized spacial score (nSPS) is 17.9. The molecule has 0 aliphatic carbocycles. The van der Waals surface area contributed by atoms with E-state index in [4.69, 9.17) is 0 Å². The molecule has 356 valence electrons. The predicted octanol–water partition coefficient (Wildman–Crippen LogP) is 6.86. The summed E-state index contributed by atoms with van der Waals surface area (Å²) in [5.41, 5.74) is 4.17. The molecule has 69 heavy (non-hydrogen) atoms. The van der Waals surface area contributed by atoms with Crippen molar-refractivity contribution in [1.29, 1.82) is 0 Å². The molecule has 0 saturated carbocycles. The van der Waals surface area contributed by atoms with Gasteiger partial charge in [0.25, 0.3) is 5.91 Å². The Morgan fingerprint density at radius 2 is 1.59 bits per heavy atom. The van der Waals surface area contributed by atoms with Crippen LogP contribution in [0.1, 0.15) is 39.0 Å². The maximum atomic E-state index is 14.8. The Morgan fingerprint density at radius 1 is 0.870 bits per heavy atom. The second-order valence-corrected chi connectivity index (χ2v) is 17.6. The van der Waals surface area contributed by atoms with E-state index in [9.17, 15) is 37.5 Å². The summed E-state index contributed by atoms with van der Waals surface area (Å²) in [4.78, 5) is 69.3. The lowest BCUT2D eigenvalue weighted by Gasteiger charge is -2.55.